The SMILES string of the molecule is C[C@@H]1c2ccccc2C(=O)C[C@@H]1C(=O)O. The summed E-state index contributed by atoms with van der Waals surface area (Å²) in [7, 11) is 0. The Morgan fingerprint density at radius 3 is 2.73 bits per heavy atom. The maximum atomic E-state index is 11.7. The van der Waals surface area contributed by atoms with Gasteiger partial charge in [0, 0.05) is 12.0 Å². The molecule has 1 aromatic rings. The summed E-state index contributed by atoms with van der Waals surface area (Å²) in [5.41, 5.74) is 1.55. The smallest absolute Gasteiger partial charge is 0.307 e. The van der Waals surface area contributed by atoms with Crippen LogP contribution in [0.4, 0.5) is 0 Å². The van der Waals surface area contributed by atoms with Gasteiger partial charge >= 0.3 is 5.97 Å². The fourth-order valence-corrected chi connectivity index (χ4v) is 2.15. The van der Waals surface area contributed by atoms with Crippen molar-refractivity contribution in [1.29, 1.82) is 0 Å². The first-order valence-electron chi connectivity index (χ1n) is 4.96. The van der Waals surface area contributed by atoms with Gasteiger partial charge in [-0.3, -0.25) is 9.59 Å². The van der Waals surface area contributed by atoms with E-state index in [1.807, 2.05) is 25.1 Å². The molecule has 1 aromatic carbocycles. The number of carbonyl (C=O) groups excluding carboxylic acids is 1. The highest BCUT2D eigenvalue weighted by molar-refractivity contribution is 6.01. The Hall–Kier alpha value is -1.64. The molecule has 0 saturated carbocycles. The summed E-state index contributed by atoms with van der Waals surface area (Å²) in [4.78, 5) is 22.7. The van der Waals surface area contributed by atoms with Crippen molar-refractivity contribution in [3.63, 3.8) is 0 Å². The van der Waals surface area contributed by atoms with Gasteiger partial charge in [-0.1, -0.05) is 31.2 Å². The molecule has 0 unspecified atom stereocenters. The zero-order chi connectivity index (χ0) is 11.0. The summed E-state index contributed by atoms with van der Waals surface area (Å²) in [5, 5.41) is 9.00. The van der Waals surface area contributed by atoms with Gasteiger partial charge in [0.25, 0.3) is 0 Å². The van der Waals surface area contributed by atoms with Gasteiger partial charge < -0.3 is 5.11 Å². The number of ketones is 1. The molecule has 0 aliphatic heterocycles. The second-order valence-electron chi connectivity index (χ2n) is 3.95. The predicted molar refractivity (Wildman–Crippen MR) is 54.9 cm³/mol. The highest BCUT2D eigenvalue weighted by Crippen LogP contribution is 2.35. The fraction of sp³-hybridized carbons (Fsp3) is 0.333. The number of carboxylic acids is 1. The van der Waals surface area contributed by atoms with E-state index in [0.29, 0.717) is 5.56 Å². The maximum absolute atomic E-state index is 11.7. The molecule has 15 heavy (non-hydrogen) atoms. The van der Waals surface area contributed by atoms with Crippen LogP contribution in [0, 0.1) is 5.92 Å². The number of benzene rings is 1. The van der Waals surface area contributed by atoms with E-state index < -0.39 is 11.9 Å². The first-order valence-corrected chi connectivity index (χ1v) is 4.96. The van der Waals surface area contributed by atoms with Crippen LogP contribution in [-0.4, -0.2) is 16.9 Å². The van der Waals surface area contributed by atoms with Crippen LogP contribution in [0.1, 0.15) is 35.2 Å². The van der Waals surface area contributed by atoms with Gasteiger partial charge in [0.05, 0.1) is 5.92 Å². The lowest BCUT2D eigenvalue weighted by atomic mass is 9.75. The molecule has 3 heteroatoms. The van der Waals surface area contributed by atoms with Crippen molar-refractivity contribution >= 4 is 11.8 Å². The van der Waals surface area contributed by atoms with Crippen molar-refractivity contribution in [2.75, 3.05) is 0 Å². The number of rotatable bonds is 1. The minimum atomic E-state index is -0.884. The van der Waals surface area contributed by atoms with E-state index >= 15 is 0 Å². The lowest BCUT2D eigenvalue weighted by molar-refractivity contribution is -0.142. The monoisotopic (exact) mass is 204 g/mol. The molecular weight excluding hydrogens is 192 g/mol. The highest BCUT2D eigenvalue weighted by atomic mass is 16.4. The van der Waals surface area contributed by atoms with Crippen molar-refractivity contribution in [2.45, 2.75) is 19.3 Å². The molecule has 3 nitrogen and oxygen atoms in total. The van der Waals surface area contributed by atoms with Crippen LogP contribution in [-0.2, 0) is 4.79 Å². The number of hydrogen-bond donors (Lipinski definition) is 1. The van der Waals surface area contributed by atoms with Gasteiger partial charge in [-0.15, -0.1) is 0 Å². The molecular formula is C12H12O3. The van der Waals surface area contributed by atoms with Crippen LogP contribution in [0.25, 0.3) is 0 Å². The summed E-state index contributed by atoms with van der Waals surface area (Å²) in [5.74, 6) is -1.61. The fourth-order valence-electron chi connectivity index (χ4n) is 2.15. The van der Waals surface area contributed by atoms with E-state index in [1.54, 1.807) is 6.07 Å². The molecule has 0 heterocycles. The summed E-state index contributed by atoms with van der Waals surface area (Å²) < 4.78 is 0. The Labute approximate surface area is 87.7 Å². The average Bonchev–Trinajstić information content (AvgIpc) is 2.23. The second kappa shape index (κ2) is 3.50. The molecule has 0 spiro atoms. The number of carboxylic acid groups (broad SMARTS) is 1. The van der Waals surface area contributed by atoms with E-state index in [9.17, 15) is 9.59 Å². The van der Waals surface area contributed by atoms with Gasteiger partial charge in [0.1, 0.15) is 0 Å². The molecule has 0 aromatic heterocycles. The van der Waals surface area contributed by atoms with E-state index in [0.717, 1.165) is 5.56 Å². The lowest BCUT2D eigenvalue weighted by Gasteiger charge is -2.27. The van der Waals surface area contributed by atoms with Gasteiger partial charge in [0.2, 0.25) is 0 Å². The number of fused-ring (bicyclic) bond motifs is 1. The molecule has 0 bridgehead atoms. The number of hydrogen-bond acceptors (Lipinski definition) is 2. The maximum Gasteiger partial charge on any atom is 0.307 e. The van der Waals surface area contributed by atoms with Gasteiger partial charge in [0.15, 0.2) is 5.78 Å². The molecule has 1 aliphatic carbocycles. The molecule has 0 amide bonds. The third kappa shape index (κ3) is 1.54. The Kier molecular flexibility index (Phi) is 2.31. The van der Waals surface area contributed by atoms with Gasteiger partial charge in [-0.05, 0) is 11.5 Å². The van der Waals surface area contributed by atoms with Gasteiger partial charge in [-0.2, -0.15) is 0 Å². The Balaban J connectivity index is 2.48. The van der Waals surface area contributed by atoms with Crippen LogP contribution in [0.5, 0.6) is 0 Å². The first kappa shape index (κ1) is 9.90. The Morgan fingerprint density at radius 1 is 1.40 bits per heavy atom. The molecule has 0 saturated heterocycles. The minimum absolute atomic E-state index is 0.0592. The normalized spacial score (nSPS) is 24.7. The molecule has 2 atom stereocenters. The third-order valence-electron chi connectivity index (χ3n) is 3.08. The van der Waals surface area contributed by atoms with Crippen molar-refractivity contribution in [2.24, 2.45) is 5.92 Å². The standard InChI is InChI=1S/C12H12O3/c1-7-8-4-2-3-5-9(8)11(13)6-10(7)12(14)15/h2-5,7,10H,6H2,1H3,(H,14,15)/t7-,10+/m1/s1. The van der Waals surface area contributed by atoms with Crippen molar-refractivity contribution < 1.29 is 14.7 Å². The number of Topliss-reactive ketones (excluding diaryl/α,β-unsaturated/α-hetero) is 1. The zero-order valence-electron chi connectivity index (χ0n) is 8.43. The number of carbonyl (C=O) groups is 2. The van der Waals surface area contributed by atoms with E-state index in [-0.39, 0.29) is 18.1 Å². The third-order valence-corrected chi connectivity index (χ3v) is 3.08. The molecule has 1 N–H and O–H groups in total. The molecule has 0 fully saturated rings. The van der Waals surface area contributed by atoms with Crippen LogP contribution < -0.4 is 0 Å². The predicted octanol–water partition coefficient (Wildman–Crippen LogP) is 2.08. The molecule has 2 rings (SSSR count). The van der Waals surface area contributed by atoms with Crippen molar-refractivity contribution in [1.82, 2.24) is 0 Å². The summed E-state index contributed by atoms with van der Waals surface area (Å²) in [6.45, 7) is 1.87. The molecule has 0 radical (unpaired) electrons. The van der Waals surface area contributed by atoms with Crippen molar-refractivity contribution in [3.05, 3.63) is 35.4 Å². The van der Waals surface area contributed by atoms with E-state index in [1.165, 1.54) is 0 Å². The number of aliphatic carboxylic acids is 1. The minimum Gasteiger partial charge on any atom is -0.481 e. The van der Waals surface area contributed by atoms with Crippen LogP contribution >= 0.6 is 0 Å². The summed E-state index contributed by atoms with van der Waals surface area (Å²) in [6.07, 6.45) is 0.119. The summed E-state index contributed by atoms with van der Waals surface area (Å²) >= 11 is 0. The Morgan fingerprint density at radius 2 is 2.07 bits per heavy atom. The van der Waals surface area contributed by atoms with Gasteiger partial charge in [-0.25, -0.2) is 0 Å². The Bertz CT molecular complexity index is 423. The zero-order valence-corrected chi connectivity index (χ0v) is 8.43. The highest BCUT2D eigenvalue weighted by Gasteiger charge is 2.35. The molecule has 1 aliphatic rings. The first-order chi connectivity index (χ1) is 7.11. The lowest BCUT2D eigenvalue weighted by Crippen LogP contribution is -2.29. The summed E-state index contributed by atoms with van der Waals surface area (Å²) in [6, 6.07) is 7.26. The average molecular weight is 204 g/mol. The topological polar surface area (TPSA) is 54.4 Å². The van der Waals surface area contributed by atoms with E-state index in [4.69, 9.17) is 5.11 Å². The second-order valence-corrected chi connectivity index (χ2v) is 3.95. The largest absolute Gasteiger partial charge is 0.481 e. The van der Waals surface area contributed by atoms with Crippen LogP contribution in [0.2, 0.25) is 0 Å². The van der Waals surface area contributed by atoms with E-state index in [2.05, 4.69) is 0 Å². The van der Waals surface area contributed by atoms with Crippen LogP contribution in [0.3, 0.4) is 0 Å². The van der Waals surface area contributed by atoms with Crippen molar-refractivity contribution in [3.8, 4) is 0 Å². The quantitative estimate of drug-likeness (QED) is 0.761. The van der Waals surface area contributed by atoms with Crippen LogP contribution in [0.15, 0.2) is 24.3 Å². The molecule has 78 valence electrons.